The lowest BCUT2D eigenvalue weighted by molar-refractivity contribution is 0.131. The Labute approximate surface area is 163 Å². The van der Waals surface area contributed by atoms with Gasteiger partial charge >= 0.3 is 8.69 Å². The van der Waals surface area contributed by atoms with Gasteiger partial charge in [0.05, 0.1) is 18.8 Å². The van der Waals surface area contributed by atoms with Gasteiger partial charge in [-0.25, -0.2) is 4.57 Å². The number of phenolic OH excluding ortho intramolecular Hbond substituents is 1. The molecule has 0 heterocycles. The van der Waals surface area contributed by atoms with Gasteiger partial charge in [-0.05, 0) is 55.2 Å². The van der Waals surface area contributed by atoms with E-state index < -0.39 is 14.2 Å². The van der Waals surface area contributed by atoms with Crippen LogP contribution in [0.25, 0.3) is 0 Å². The molecule has 1 atom stereocenters. The number of benzene rings is 2. The van der Waals surface area contributed by atoms with Crippen LogP contribution in [-0.4, -0.2) is 29.0 Å². The molecule has 0 aromatic heterocycles. The fraction of sp³-hybridized carbons (Fsp3) is 0.333. The van der Waals surface area contributed by atoms with Gasteiger partial charge in [-0.15, -0.1) is 0 Å². The molecule has 0 saturated heterocycles. The standard InChI is InChI=1S/C18H21ClNO4PS/c19-17-10-16(26-15-5-1-4-14(22)9-15)7-6-13(17)3-2-8-18(20,11-21)12-24-25-23/h1,4-7,9-10,21-22H,2-3,8,11-12,20H2. The van der Waals surface area contributed by atoms with Gasteiger partial charge in [-0.1, -0.05) is 35.5 Å². The van der Waals surface area contributed by atoms with E-state index in [1.807, 2.05) is 24.3 Å². The Morgan fingerprint density at radius 3 is 2.65 bits per heavy atom. The summed E-state index contributed by atoms with van der Waals surface area (Å²) in [6.07, 6.45) is 1.95. The number of aromatic hydroxyl groups is 1. The van der Waals surface area contributed by atoms with E-state index in [1.54, 1.807) is 18.2 Å². The number of hydrogen-bond donors (Lipinski definition) is 3. The van der Waals surface area contributed by atoms with Crippen molar-refractivity contribution in [2.45, 2.75) is 34.6 Å². The summed E-state index contributed by atoms with van der Waals surface area (Å²) in [5.41, 5.74) is 6.12. The number of hydrogen-bond acceptors (Lipinski definition) is 6. The van der Waals surface area contributed by atoms with Crippen molar-refractivity contribution in [3.05, 3.63) is 53.1 Å². The summed E-state index contributed by atoms with van der Waals surface area (Å²) in [7, 11) is -0.443. The average Bonchev–Trinajstić information content (AvgIpc) is 2.62. The highest BCUT2D eigenvalue weighted by atomic mass is 35.5. The van der Waals surface area contributed by atoms with E-state index in [9.17, 15) is 14.8 Å². The predicted molar refractivity (Wildman–Crippen MR) is 104 cm³/mol. The van der Waals surface area contributed by atoms with E-state index in [2.05, 4.69) is 0 Å². The second-order valence-electron chi connectivity index (χ2n) is 6.07. The van der Waals surface area contributed by atoms with Crippen molar-refractivity contribution in [3.8, 4) is 5.75 Å². The van der Waals surface area contributed by atoms with Crippen molar-refractivity contribution in [2.75, 3.05) is 13.2 Å². The molecule has 0 aliphatic carbocycles. The molecule has 1 unspecified atom stereocenters. The van der Waals surface area contributed by atoms with Crippen LogP contribution in [0.1, 0.15) is 18.4 Å². The second kappa shape index (κ2) is 10.3. The number of nitrogens with two attached hydrogens (primary N) is 1. The van der Waals surface area contributed by atoms with Crippen molar-refractivity contribution >= 4 is 32.0 Å². The monoisotopic (exact) mass is 413 g/mol. The molecule has 2 aromatic rings. The number of rotatable bonds is 10. The van der Waals surface area contributed by atoms with Crippen LogP contribution in [0.3, 0.4) is 0 Å². The van der Waals surface area contributed by atoms with E-state index >= 15 is 0 Å². The number of aliphatic hydroxyl groups excluding tert-OH is 1. The molecule has 0 bridgehead atoms. The van der Waals surface area contributed by atoms with Gasteiger partial charge < -0.3 is 15.9 Å². The molecular formula is C18H21ClNO4PS. The highest BCUT2D eigenvalue weighted by Crippen LogP contribution is 2.32. The van der Waals surface area contributed by atoms with Gasteiger partial charge in [0.25, 0.3) is 0 Å². The summed E-state index contributed by atoms with van der Waals surface area (Å²) in [4.78, 5) is 1.91. The zero-order chi connectivity index (χ0) is 19.0. The van der Waals surface area contributed by atoms with Gasteiger partial charge in [0.15, 0.2) is 0 Å². The van der Waals surface area contributed by atoms with Crippen LogP contribution in [0, 0.1) is 0 Å². The lowest BCUT2D eigenvalue weighted by atomic mass is 9.94. The molecule has 5 nitrogen and oxygen atoms in total. The first-order chi connectivity index (χ1) is 12.5. The largest absolute Gasteiger partial charge is 0.508 e. The zero-order valence-electron chi connectivity index (χ0n) is 14.1. The molecule has 8 heteroatoms. The Bertz CT molecular complexity index is 749. The van der Waals surface area contributed by atoms with E-state index in [0.717, 1.165) is 21.8 Å². The van der Waals surface area contributed by atoms with Crippen LogP contribution >= 0.6 is 32.0 Å². The number of aryl methyl sites for hydroxylation is 1. The molecule has 0 aliphatic heterocycles. The van der Waals surface area contributed by atoms with E-state index in [4.69, 9.17) is 21.9 Å². The first-order valence-electron chi connectivity index (χ1n) is 8.05. The number of halogens is 1. The van der Waals surface area contributed by atoms with Gasteiger partial charge in [0.2, 0.25) is 0 Å². The minimum absolute atomic E-state index is 0.0296. The zero-order valence-corrected chi connectivity index (χ0v) is 16.6. The van der Waals surface area contributed by atoms with E-state index in [1.165, 1.54) is 11.8 Å². The third-order valence-corrected chi connectivity index (χ3v) is 5.48. The topological polar surface area (TPSA) is 92.8 Å². The van der Waals surface area contributed by atoms with Crippen molar-refractivity contribution < 1.29 is 19.3 Å². The highest BCUT2D eigenvalue weighted by Gasteiger charge is 2.24. The van der Waals surface area contributed by atoms with Gasteiger partial charge in [0.1, 0.15) is 5.75 Å². The highest BCUT2D eigenvalue weighted by molar-refractivity contribution is 7.99. The molecule has 26 heavy (non-hydrogen) atoms. The minimum Gasteiger partial charge on any atom is -0.508 e. The molecule has 140 valence electrons. The van der Waals surface area contributed by atoms with Crippen molar-refractivity contribution in [1.82, 2.24) is 0 Å². The normalized spacial score (nSPS) is 13.7. The fourth-order valence-electron chi connectivity index (χ4n) is 2.46. The third kappa shape index (κ3) is 6.54. The molecule has 0 amide bonds. The molecule has 0 fully saturated rings. The van der Waals surface area contributed by atoms with Crippen LogP contribution in [0.2, 0.25) is 5.02 Å². The predicted octanol–water partition coefficient (Wildman–Crippen LogP) is 4.43. The summed E-state index contributed by atoms with van der Waals surface area (Å²) in [5.74, 6) is 0.229. The molecule has 0 radical (unpaired) electrons. The van der Waals surface area contributed by atoms with Crippen molar-refractivity contribution in [2.24, 2.45) is 5.73 Å². The Kier molecular flexibility index (Phi) is 8.35. The van der Waals surface area contributed by atoms with Gasteiger partial charge in [0, 0.05) is 14.8 Å². The quantitative estimate of drug-likeness (QED) is 0.499. The minimum atomic E-state index is -0.908. The smallest absolute Gasteiger partial charge is 0.327 e. The first kappa shape index (κ1) is 21.2. The lowest BCUT2D eigenvalue weighted by Crippen LogP contribution is -2.47. The Hall–Kier alpha value is -1.14. The van der Waals surface area contributed by atoms with Crippen molar-refractivity contribution in [3.63, 3.8) is 0 Å². The van der Waals surface area contributed by atoms with Crippen molar-refractivity contribution in [1.29, 1.82) is 0 Å². The molecule has 0 spiro atoms. The van der Waals surface area contributed by atoms with Crippen LogP contribution in [-0.2, 0) is 15.5 Å². The molecule has 0 aliphatic rings. The average molecular weight is 414 g/mol. The number of aliphatic hydroxyl groups is 1. The van der Waals surface area contributed by atoms with E-state index in [0.29, 0.717) is 17.9 Å². The summed E-state index contributed by atoms with van der Waals surface area (Å²) >= 11 is 7.90. The van der Waals surface area contributed by atoms with Gasteiger partial charge in [-0.2, -0.15) is 0 Å². The molecule has 2 aromatic carbocycles. The third-order valence-electron chi connectivity index (χ3n) is 3.92. The molecule has 0 saturated carbocycles. The Morgan fingerprint density at radius 2 is 2.00 bits per heavy atom. The maximum Gasteiger partial charge on any atom is 0.327 e. The fourth-order valence-corrected chi connectivity index (χ4v) is 4.02. The molecule has 2 rings (SSSR count). The van der Waals surface area contributed by atoms with Crippen LogP contribution in [0.4, 0.5) is 0 Å². The molecule has 4 N–H and O–H groups in total. The number of phenols is 1. The second-order valence-corrected chi connectivity index (χ2v) is 8.04. The Balaban J connectivity index is 1.93. The lowest BCUT2D eigenvalue weighted by Gasteiger charge is -2.25. The summed E-state index contributed by atoms with van der Waals surface area (Å²) in [6.45, 7) is -0.211. The molecular weight excluding hydrogens is 393 g/mol. The van der Waals surface area contributed by atoms with Crippen LogP contribution in [0.5, 0.6) is 5.75 Å². The van der Waals surface area contributed by atoms with E-state index in [-0.39, 0.29) is 19.0 Å². The van der Waals surface area contributed by atoms with Gasteiger partial charge in [-0.3, -0.25) is 4.52 Å². The maximum atomic E-state index is 10.4. The maximum absolute atomic E-state index is 10.4. The van der Waals surface area contributed by atoms with Crippen LogP contribution in [0.15, 0.2) is 52.3 Å². The van der Waals surface area contributed by atoms with Crippen LogP contribution < -0.4 is 5.73 Å². The summed E-state index contributed by atoms with van der Waals surface area (Å²) in [6, 6.07) is 12.9. The first-order valence-corrected chi connectivity index (χ1v) is 9.98. The summed E-state index contributed by atoms with van der Waals surface area (Å²) in [5, 5.41) is 19.6. The summed E-state index contributed by atoms with van der Waals surface area (Å²) < 4.78 is 15.2. The SMILES string of the molecule is NC(CO)(CCCc1ccc(Sc2cccc(O)c2)cc1Cl)COP=O. The Morgan fingerprint density at radius 1 is 1.23 bits per heavy atom.